The number of hydrogen-bond donors (Lipinski definition) is 1. The van der Waals surface area contributed by atoms with Crippen LogP contribution in [0.1, 0.15) is 19.4 Å². The summed E-state index contributed by atoms with van der Waals surface area (Å²) in [4.78, 5) is 0. The Morgan fingerprint density at radius 1 is 1.32 bits per heavy atom. The Labute approximate surface area is 114 Å². The molecule has 0 fully saturated rings. The maximum atomic E-state index is 5.42. The predicted molar refractivity (Wildman–Crippen MR) is 77.2 cm³/mol. The van der Waals surface area contributed by atoms with E-state index in [2.05, 4.69) is 36.4 Å². The average Bonchev–Trinajstić information content (AvgIpc) is 2.82. The third-order valence-corrected chi connectivity index (χ3v) is 3.10. The standard InChI is InChI=1S/C15H21N3O/c1-11(2)16-10-13-9-12(5-6-15(13)19-4)14-7-8-17-18(14)3/h5-9,11,16H,10H2,1-4H3. The zero-order valence-electron chi connectivity index (χ0n) is 12.0. The Morgan fingerprint density at radius 2 is 2.11 bits per heavy atom. The highest BCUT2D eigenvalue weighted by Gasteiger charge is 2.08. The first kappa shape index (κ1) is 13.6. The minimum atomic E-state index is 0.449. The number of aromatic nitrogens is 2. The van der Waals surface area contributed by atoms with Gasteiger partial charge in [-0.1, -0.05) is 13.8 Å². The molecule has 0 aliphatic rings. The van der Waals surface area contributed by atoms with Gasteiger partial charge in [0.1, 0.15) is 5.75 Å². The molecule has 2 rings (SSSR count). The summed E-state index contributed by atoms with van der Waals surface area (Å²) in [5, 5.41) is 7.63. The molecule has 0 spiro atoms. The fraction of sp³-hybridized carbons (Fsp3) is 0.400. The molecule has 0 radical (unpaired) electrons. The molecule has 2 aromatic rings. The van der Waals surface area contributed by atoms with E-state index in [0.29, 0.717) is 6.04 Å². The maximum absolute atomic E-state index is 5.42. The lowest BCUT2D eigenvalue weighted by Crippen LogP contribution is -2.22. The number of methoxy groups -OCH3 is 1. The van der Waals surface area contributed by atoms with Crippen molar-refractivity contribution in [2.75, 3.05) is 7.11 Å². The summed E-state index contributed by atoms with van der Waals surface area (Å²) in [5.74, 6) is 0.916. The van der Waals surface area contributed by atoms with Crippen LogP contribution in [0.4, 0.5) is 0 Å². The Kier molecular flexibility index (Phi) is 4.22. The van der Waals surface area contributed by atoms with Crippen molar-refractivity contribution >= 4 is 0 Å². The maximum Gasteiger partial charge on any atom is 0.123 e. The summed E-state index contributed by atoms with van der Waals surface area (Å²) in [6, 6.07) is 8.70. The minimum Gasteiger partial charge on any atom is -0.496 e. The first-order valence-corrected chi connectivity index (χ1v) is 6.50. The first-order chi connectivity index (χ1) is 9.11. The van der Waals surface area contributed by atoms with Crippen LogP contribution in [0.25, 0.3) is 11.3 Å². The van der Waals surface area contributed by atoms with Gasteiger partial charge in [-0.3, -0.25) is 4.68 Å². The van der Waals surface area contributed by atoms with Gasteiger partial charge in [-0.25, -0.2) is 0 Å². The van der Waals surface area contributed by atoms with Crippen LogP contribution in [-0.4, -0.2) is 22.9 Å². The van der Waals surface area contributed by atoms with Crippen LogP contribution in [0.15, 0.2) is 30.5 Å². The van der Waals surface area contributed by atoms with E-state index in [1.165, 1.54) is 0 Å². The van der Waals surface area contributed by atoms with Crippen molar-refractivity contribution in [3.63, 3.8) is 0 Å². The van der Waals surface area contributed by atoms with Gasteiger partial charge in [0.05, 0.1) is 12.8 Å². The second kappa shape index (κ2) is 5.89. The van der Waals surface area contributed by atoms with E-state index in [1.54, 1.807) is 7.11 Å². The molecule has 0 atom stereocenters. The van der Waals surface area contributed by atoms with E-state index >= 15 is 0 Å². The summed E-state index contributed by atoms with van der Waals surface area (Å²) in [6.45, 7) is 5.07. The highest BCUT2D eigenvalue weighted by atomic mass is 16.5. The number of hydrogen-bond acceptors (Lipinski definition) is 3. The molecule has 0 saturated carbocycles. The fourth-order valence-corrected chi connectivity index (χ4v) is 2.05. The van der Waals surface area contributed by atoms with Gasteiger partial charge in [0, 0.05) is 37.0 Å². The second-order valence-corrected chi connectivity index (χ2v) is 4.90. The third-order valence-electron chi connectivity index (χ3n) is 3.10. The number of ether oxygens (including phenoxy) is 1. The van der Waals surface area contributed by atoms with Gasteiger partial charge in [0.15, 0.2) is 0 Å². The van der Waals surface area contributed by atoms with Crippen LogP contribution >= 0.6 is 0 Å². The zero-order valence-corrected chi connectivity index (χ0v) is 12.0. The summed E-state index contributed by atoms with van der Waals surface area (Å²) in [7, 11) is 3.66. The van der Waals surface area contributed by atoms with Gasteiger partial charge < -0.3 is 10.1 Å². The van der Waals surface area contributed by atoms with Crippen molar-refractivity contribution in [2.24, 2.45) is 7.05 Å². The van der Waals surface area contributed by atoms with Crippen LogP contribution in [-0.2, 0) is 13.6 Å². The molecule has 19 heavy (non-hydrogen) atoms. The Balaban J connectivity index is 2.32. The molecule has 0 saturated heterocycles. The van der Waals surface area contributed by atoms with Gasteiger partial charge in [-0.05, 0) is 24.3 Å². The molecule has 0 aliphatic carbocycles. The number of rotatable bonds is 5. The van der Waals surface area contributed by atoms with Crippen molar-refractivity contribution in [1.29, 1.82) is 0 Å². The Morgan fingerprint density at radius 3 is 2.68 bits per heavy atom. The van der Waals surface area contributed by atoms with Gasteiger partial charge in [0.25, 0.3) is 0 Å². The summed E-state index contributed by atoms with van der Waals surface area (Å²) >= 11 is 0. The molecule has 1 aromatic carbocycles. The molecule has 0 aliphatic heterocycles. The van der Waals surface area contributed by atoms with E-state index in [-0.39, 0.29) is 0 Å². The van der Waals surface area contributed by atoms with Crippen molar-refractivity contribution < 1.29 is 4.74 Å². The van der Waals surface area contributed by atoms with E-state index in [9.17, 15) is 0 Å². The van der Waals surface area contributed by atoms with Crippen LogP contribution in [0.3, 0.4) is 0 Å². The lowest BCUT2D eigenvalue weighted by atomic mass is 10.1. The molecule has 1 heterocycles. The molecule has 102 valence electrons. The van der Waals surface area contributed by atoms with E-state index in [4.69, 9.17) is 4.74 Å². The van der Waals surface area contributed by atoms with Crippen LogP contribution < -0.4 is 10.1 Å². The van der Waals surface area contributed by atoms with Crippen molar-refractivity contribution in [3.8, 4) is 17.0 Å². The van der Waals surface area contributed by atoms with Crippen LogP contribution in [0.5, 0.6) is 5.75 Å². The molecular weight excluding hydrogens is 238 g/mol. The molecule has 4 nitrogen and oxygen atoms in total. The predicted octanol–water partition coefficient (Wildman–Crippen LogP) is 2.59. The molecule has 0 amide bonds. The van der Waals surface area contributed by atoms with Crippen molar-refractivity contribution in [3.05, 3.63) is 36.0 Å². The quantitative estimate of drug-likeness (QED) is 0.897. The van der Waals surface area contributed by atoms with E-state index in [0.717, 1.165) is 29.1 Å². The second-order valence-electron chi connectivity index (χ2n) is 4.90. The normalized spacial score (nSPS) is 11.0. The number of benzene rings is 1. The number of nitrogens with one attached hydrogen (secondary N) is 1. The molecule has 4 heteroatoms. The SMILES string of the molecule is COc1ccc(-c2ccnn2C)cc1CNC(C)C. The Bertz CT molecular complexity index is 546. The highest BCUT2D eigenvalue weighted by Crippen LogP contribution is 2.26. The van der Waals surface area contributed by atoms with E-state index in [1.807, 2.05) is 30.1 Å². The monoisotopic (exact) mass is 259 g/mol. The lowest BCUT2D eigenvalue weighted by Gasteiger charge is -2.13. The number of aryl methyl sites for hydroxylation is 1. The molecule has 1 N–H and O–H groups in total. The minimum absolute atomic E-state index is 0.449. The van der Waals surface area contributed by atoms with Crippen LogP contribution in [0.2, 0.25) is 0 Å². The van der Waals surface area contributed by atoms with Gasteiger partial charge in [0.2, 0.25) is 0 Å². The first-order valence-electron chi connectivity index (χ1n) is 6.50. The topological polar surface area (TPSA) is 39.1 Å². The fourth-order valence-electron chi connectivity index (χ4n) is 2.05. The zero-order chi connectivity index (χ0) is 13.8. The largest absolute Gasteiger partial charge is 0.496 e. The molecular formula is C15H21N3O. The van der Waals surface area contributed by atoms with Gasteiger partial charge in [-0.15, -0.1) is 0 Å². The van der Waals surface area contributed by atoms with E-state index < -0.39 is 0 Å². The highest BCUT2D eigenvalue weighted by molar-refractivity contribution is 5.62. The molecule has 0 unspecified atom stereocenters. The van der Waals surface area contributed by atoms with Crippen molar-refractivity contribution in [1.82, 2.24) is 15.1 Å². The third kappa shape index (κ3) is 3.15. The van der Waals surface area contributed by atoms with Gasteiger partial charge >= 0.3 is 0 Å². The van der Waals surface area contributed by atoms with Gasteiger partial charge in [-0.2, -0.15) is 5.10 Å². The number of nitrogens with zero attached hydrogens (tertiary/aromatic N) is 2. The van der Waals surface area contributed by atoms with Crippen molar-refractivity contribution in [2.45, 2.75) is 26.4 Å². The molecule has 0 bridgehead atoms. The van der Waals surface area contributed by atoms with Crippen LogP contribution in [0, 0.1) is 0 Å². The lowest BCUT2D eigenvalue weighted by molar-refractivity contribution is 0.406. The summed E-state index contributed by atoms with van der Waals surface area (Å²) < 4.78 is 7.29. The molecule has 1 aromatic heterocycles. The smallest absolute Gasteiger partial charge is 0.123 e. The summed E-state index contributed by atoms with van der Waals surface area (Å²) in [6.07, 6.45) is 1.81. The summed E-state index contributed by atoms with van der Waals surface area (Å²) in [5.41, 5.74) is 3.42. The average molecular weight is 259 g/mol. The Hall–Kier alpha value is -1.81.